The summed E-state index contributed by atoms with van der Waals surface area (Å²) < 4.78 is 5.21. The molecule has 8 nitrogen and oxygen atoms in total. The van der Waals surface area contributed by atoms with Crippen molar-refractivity contribution in [2.75, 3.05) is 61.5 Å². The van der Waals surface area contributed by atoms with E-state index in [9.17, 15) is 4.79 Å². The number of benzene rings is 1. The van der Waals surface area contributed by atoms with Gasteiger partial charge in [-0.1, -0.05) is 6.07 Å². The number of hydrogen-bond acceptors (Lipinski definition) is 6. The van der Waals surface area contributed by atoms with E-state index in [0.29, 0.717) is 26.2 Å². The van der Waals surface area contributed by atoms with Gasteiger partial charge < -0.3 is 24.8 Å². The van der Waals surface area contributed by atoms with E-state index >= 15 is 0 Å². The van der Waals surface area contributed by atoms with Crippen LogP contribution in [0, 0.1) is 6.92 Å². The van der Waals surface area contributed by atoms with Crippen molar-refractivity contribution >= 4 is 23.5 Å². The number of anilines is 3. The molecule has 2 aromatic rings. The highest BCUT2D eigenvalue weighted by Gasteiger charge is 2.24. The molecule has 0 saturated carbocycles. The van der Waals surface area contributed by atoms with Crippen LogP contribution in [0.25, 0.3) is 0 Å². The van der Waals surface area contributed by atoms with E-state index in [1.54, 1.807) is 7.11 Å². The first-order valence-electron chi connectivity index (χ1n) is 10.2. The number of aryl methyl sites for hydroxylation is 1. The van der Waals surface area contributed by atoms with Gasteiger partial charge in [0.2, 0.25) is 5.95 Å². The Kier molecular flexibility index (Phi) is 5.69. The minimum absolute atomic E-state index is 0.0965. The molecule has 4 rings (SSSR count). The standard InChI is InChI=1S/C21H28N6O2/c1-16-14-19(25-8-3-4-9-25)24-20(22-16)26-10-12-27(13-11-26)21(28)23-17-6-5-7-18(15-17)29-2/h5-7,14-15H,3-4,8-13H2,1-2H3,(H,23,28). The zero-order chi connectivity index (χ0) is 20.2. The Morgan fingerprint density at radius 1 is 1.00 bits per heavy atom. The lowest BCUT2D eigenvalue weighted by molar-refractivity contribution is 0.208. The number of amides is 2. The molecule has 1 aromatic carbocycles. The van der Waals surface area contributed by atoms with Crippen LogP contribution in [0.3, 0.4) is 0 Å². The number of nitrogens with zero attached hydrogens (tertiary/aromatic N) is 5. The Bertz CT molecular complexity index is 860. The van der Waals surface area contributed by atoms with Gasteiger partial charge in [-0.05, 0) is 31.9 Å². The van der Waals surface area contributed by atoms with Crippen molar-refractivity contribution in [3.8, 4) is 5.75 Å². The summed E-state index contributed by atoms with van der Waals surface area (Å²) in [5.74, 6) is 2.50. The van der Waals surface area contributed by atoms with Gasteiger partial charge in [0.15, 0.2) is 0 Å². The third-order valence-electron chi connectivity index (χ3n) is 5.43. The van der Waals surface area contributed by atoms with Gasteiger partial charge in [-0.3, -0.25) is 0 Å². The van der Waals surface area contributed by atoms with E-state index in [4.69, 9.17) is 9.72 Å². The molecule has 0 spiro atoms. The molecule has 0 radical (unpaired) electrons. The Morgan fingerprint density at radius 3 is 2.48 bits per heavy atom. The first-order valence-corrected chi connectivity index (χ1v) is 10.2. The fourth-order valence-corrected chi connectivity index (χ4v) is 3.80. The van der Waals surface area contributed by atoms with Crippen molar-refractivity contribution < 1.29 is 9.53 Å². The minimum Gasteiger partial charge on any atom is -0.497 e. The first kappa shape index (κ1) is 19.3. The first-order chi connectivity index (χ1) is 14.1. The highest BCUT2D eigenvalue weighted by Crippen LogP contribution is 2.22. The van der Waals surface area contributed by atoms with Gasteiger partial charge in [0, 0.05) is 62.8 Å². The second-order valence-electron chi connectivity index (χ2n) is 7.50. The largest absolute Gasteiger partial charge is 0.497 e. The van der Waals surface area contributed by atoms with Crippen LogP contribution < -0.4 is 19.9 Å². The van der Waals surface area contributed by atoms with Gasteiger partial charge >= 0.3 is 6.03 Å². The molecule has 0 unspecified atom stereocenters. The molecule has 2 fully saturated rings. The lowest BCUT2D eigenvalue weighted by Gasteiger charge is -2.35. The van der Waals surface area contributed by atoms with Crippen molar-refractivity contribution in [1.29, 1.82) is 0 Å². The van der Waals surface area contributed by atoms with Gasteiger partial charge in [-0.15, -0.1) is 0 Å². The molecule has 2 amide bonds. The van der Waals surface area contributed by atoms with Crippen LogP contribution in [0.4, 0.5) is 22.2 Å². The number of rotatable bonds is 4. The van der Waals surface area contributed by atoms with Gasteiger partial charge in [-0.25, -0.2) is 9.78 Å². The van der Waals surface area contributed by atoms with Gasteiger partial charge in [-0.2, -0.15) is 4.98 Å². The normalized spacial score (nSPS) is 16.8. The predicted molar refractivity (Wildman–Crippen MR) is 114 cm³/mol. The number of hydrogen-bond donors (Lipinski definition) is 1. The van der Waals surface area contributed by atoms with Crippen LogP contribution in [-0.2, 0) is 0 Å². The summed E-state index contributed by atoms with van der Waals surface area (Å²) in [5, 5.41) is 2.95. The highest BCUT2D eigenvalue weighted by atomic mass is 16.5. The molecule has 8 heteroatoms. The maximum absolute atomic E-state index is 12.6. The lowest BCUT2D eigenvalue weighted by atomic mass is 10.3. The van der Waals surface area contributed by atoms with Crippen LogP contribution in [0.1, 0.15) is 18.5 Å². The second-order valence-corrected chi connectivity index (χ2v) is 7.50. The van der Waals surface area contributed by atoms with E-state index in [1.165, 1.54) is 12.8 Å². The quantitative estimate of drug-likeness (QED) is 0.857. The lowest BCUT2D eigenvalue weighted by Crippen LogP contribution is -2.50. The second kappa shape index (κ2) is 8.55. The van der Waals surface area contributed by atoms with Crippen molar-refractivity contribution in [3.05, 3.63) is 36.0 Å². The summed E-state index contributed by atoms with van der Waals surface area (Å²) in [7, 11) is 1.61. The third-order valence-corrected chi connectivity index (χ3v) is 5.43. The SMILES string of the molecule is COc1cccc(NC(=O)N2CCN(c3nc(C)cc(N4CCCC4)n3)CC2)c1. The number of ether oxygens (including phenoxy) is 1. The van der Waals surface area contributed by atoms with Crippen molar-refractivity contribution in [2.24, 2.45) is 0 Å². The monoisotopic (exact) mass is 396 g/mol. The van der Waals surface area contributed by atoms with E-state index in [2.05, 4.69) is 26.2 Å². The average molecular weight is 396 g/mol. The third kappa shape index (κ3) is 4.52. The van der Waals surface area contributed by atoms with E-state index in [0.717, 1.165) is 42.0 Å². The summed E-state index contributed by atoms with van der Waals surface area (Å²) in [6.45, 7) is 6.84. The van der Waals surface area contributed by atoms with Crippen LogP contribution in [0.5, 0.6) is 5.75 Å². The Labute approximate surface area is 171 Å². The molecule has 2 saturated heterocycles. The number of methoxy groups -OCH3 is 1. The molecule has 0 bridgehead atoms. The topological polar surface area (TPSA) is 73.8 Å². The summed E-state index contributed by atoms with van der Waals surface area (Å²) in [6.07, 6.45) is 2.44. The molecule has 2 aliphatic rings. The zero-order valence-corrected chi connectivity index (χ0v) is 17.1. The maximum atomic E-state index is 12.6. The molecular formula is C21H28N6O2. The molecular weight excluding hydrogens is 368 g/mol. The molecule has 1 N–H and O–H groups in total. The fraction of sp³-hybridized carbons (Fsp3) is 0.476. The molecule has 3 heterocycles. The average Bonchev–Trinajstić information content (AvgIpc) is 3.28. The fourth-order valence-electron chi connectivity index (χ4n) is 3.80. The maximum Gasteiger partial charge on any atom is 0.321 e. The number of carbonyl (C=O) groups is 1. The number of piperazine rings is 1. The predicted octanol–water partition coefficient (Wildman–Crippen LogP) is 2.75. The smallest absolute Gasteiger partial charge is 0.321 e. The molecule has 2 aliphatic heterocycles. The van der Waals surface area contributed by atoms with Crippen LogP contribution in [0.2, 0.25) is 0 Å². The highest BCUT2D eigenvalue weighted by molar-refractivity contribution is 5.89. The van der Waals surface area contributed by atoms with Crippen LogP contribution in [-0.4, -0.2) is 67.3 Å². The minimum atomic E-state index is -0.0965. The number of nitrogens with one attached hydrogen (secondary N) is 1. The van der Waals surface area contributed by atoms with Crippen molar-refractivity contribution in [2.45, 2.75) is 19.8 Å². The van der Waals surface area contributed by atoms with E-state index in [-0.39, 0.29) is 6.03 Å². The van der Waals surface area contributed by atoms with Crippen molar-refractivity contribution in [3.63, 3.8) is 0 Å². The van der Waals surface area contributed by atoms with Crippen molar-refractivity contribution in [1.82, 2.24) is 14.9 Å². The van der Waals surface area contributed by atoms with Crippen LogP contribution >= 0.6 is 0 Å². The summed E-state index contributed by atoms with van der Waals surface area (Å²) in [5.41, 5.74) is 1.71. The van der Waals surface area contributed by atoms with Gasteiger partial charge in [0.25, 0.3) is 0 Å². The number of aromatic nitrogens is 2. The van der Waals surface area contributed by atoms with E-state index in [1.807, 2.05) is 36.1 Å². The van der Waals surface area contributed by atoms with Gasteiger partial charge in [0.05, 0.1) is 7.11 Å². The molecule has 154 valence electrons. The molecule has 0 aliphatic carbocycles. The number of carbonyl (C=O) groups excluding carboxylic acids is 1. The van der Waals surface area contributed by atoms with Crippen LogP contribution in [0.15, 0.2) is 30.3 Å². The summed E-state index contributed by atoms with van der Waals surface area (Å²) in [6, 6.07) is 9.35. The summed E-state index contributed by atoms with van der Waals surface area (Å²) in [4.78, 5) is 28.4. The van der Waals surface area contributed by atoms with E-state index < -0.39 is 0 Å². The summed E-state index contributed by atoms with van der Waals surface area (Å²) >= 11 is 0. The molecule has 29 heavy (non-hydrogen) atoms. The Morgan fingerprint density at radius 2 is 1.76 bits per heavy atom. The van der Waals surface area contributed by atoms with Gasteiger partial charge in [0.1, 0.15) is 11.6 Å². The number of urea groups is 1. The zero-order valence-electron chi connectivity index (χ0n) is 17.1. The Balaban J connectivity index is 1.37. The molecule has 0 atom stereocenters. The Hall–Kier alpha value is -3.03. The molecule has 1 aromatic heterocycles.